The van der Waals surface area contributed by atoms with Crippen LogP contribution in [0.3, 0.4) is 0 Å². The zero-order valence-corrected chi connectivity index (χ0v) is 26.9. The molecule has 0 aliphatic heterocycles. The van der Waals surface area contributed by atoms with Crippen molar-refractivity contribution in [3.8, 4) is 28.4 Å². The number of amides is 2. The van der Waals surface area contributed by atoms with Gasteiger partial charge >= 0.3 is 5.97 Å². The summed E-state index contributed by atoms with van der Waals surface area (Å²) >= 11 is 0. The maximum Gasteiger partial charge on any atom is 0.326 e. The fourth-order valence-electron chi connectivity index (χ4n) is 5.84. The molecule has 0 bridgehead atoms. The monoisotopic (exact) mass is 631 g/mol. The van der Waals surface area contributed by atoms with Crippen LogP contribution in [0.4, 0.5) is 5.69 Å². The summed E-state index contributed by atoms with van der Waals surface area (Å²) in [5.41, 5.74) is 3.31. The molecule has 4 rings (SSSR count). The van der Waals surface area contributed by atoms with Crippen LogP contribution in [-0.4, -0.2) is 56.3 Å². The average Bonchev–Trinajstić information content (AvgIpc) is 3.26. The first kappa shape index (κ1) is 33.8. The number of carbonyl (C=O) groups is 3. The number of hydrogen-bond donors (Lipinski definition) is 4. The second kappa shape index (κ2) is 14.8. The average molecular weight is 632 g/mol. The first-order chi connectivity index (χ1) is 22.0. The first-order valence-electron chi connectivity index (χ1n) is 15.1. The van der Waals surface area contributed by atoms with Gasteiger partial charge in [-0.1, -0.05) is 50.2 Å². The van der Waals surface area contributed by atoms with Crippen LogP contribution in [0.25, 0.3) is 11.1 Å². The lowest BCUT2D eigenvalue weighted by Crippen LogP contribution is -2.50. The van der Waals surface area contributed by atoms with Crippen LogP contribution in [-0.2, 0) is 27.2 Å². The zero-order chi connectivity index (χ0) is 33.5. The van der Waals surface area contributed by atoms with Crippen LogP contribution in [0.15, 0.2) is 59.4 Å². The van der Waals surface area contributed by atoms with Crippen molar-refractivity contribution < 1.29 is 33.7 Å². The van der Waals surface area contributed by atoms with Crippen LogP contribution < -0.4 is 35.6 Å². The van der Waals surface area contributed by atoms with E-state index in [-0.39, 0.29) is 23.9 Å². The Kier molecular flexibility index (Phi) is 10.9. The molecular formula is C35H41N3O8. The Morgan fingerprint density at radius 3 is 2.24 bits per heavy atom. The molecule has 3 aromatic carbocycles. The Morgan fingerprint density at radius 1 is 0.957 bits per heavy atom. The molecule has 1 aliphatic carbocycles. The zero-order valence-electron chi connectivity index (χ0n) is 26.9. The number of ether oxygens (including phenoxy) is 3. The second-order valence-electron chi connectivity index (χ2n) is 11.6. The molecule has 0 heterocycles. The van der Waals surface area contributed by atoms with E-state index in [0.29, 0.717) is 46.8 Å². The number of carboxylic acids is 1. The van der Waals surface area contributed by atoms with Gasteiger partial charge < -0.3 is 35.3 Å². The molecule has 4 N–H and O–H groups in total. The van der Waals surface area contributed by atoms with Gasteiger partial charge in [-0.2, -0.15) is 0 Å². The van der Waals surface area contributed by atoms with Crippen molar-refractivity contribution in [1.29, 1.82) is 0 Å². The fraction of sp³-hybridized carbons (Fsp3) is 0.371. The molecule has 1 aliphatic rings. The topological polar surface area (TPSA) is 152 Å². The van der Waals surface area contributed by atoms with E-state index < -0.39 is 35.4 Å². The number of hydrogen-bond acceptors (Lipinski definition) is 8. The number of nitrogens with one attached hydrogen (secondary N) is 3. The van der Waals surface area contributed by atoms with Crippen LogP contribution >= 0.6 is 0 Å². The van der Waals surface area contributed by atoms with E-state index in [4.69, 9.17) is 14.2 Å². The second-order valence-corrected chi connectivity index (χ2v) is 11.6. The van der Waals surface area contributed by atoms with Crippen molar-refractivity contribution in [2.24, 2.45) is 5.92 Å². The number of benzene rings is 2. The number of aryl methyl sites for hydroxylation is 1. The molecule has 0 spiro atoms. The molecule has 2 amide bonds. The number of anilines is 1. The lowest BCUT2D eigenvalue weighted by atomic mass is 9.95. The van der Waals surface area contributed by atoms with Gasteiger partial charge in [0.15, 0.2) is 11.5 Å². The van der Waals surface area contributed by atoms with E-state index in [1.54, 1.807) is 50.2 Å². The summed E-state index contributed by atoms with van der Waals surface area (Å²) in [6.45, 7) is 5.03. The van der Waals surface area contributed by atoms with Crippen LogP contribution in [0.2, 0.25) is 0 Å². The number of rotatable bonds is 12. The van der Waals surface area contributed by atoms with Gasteiger partial charge in [-0.3, -0.25) is 14.4 Å². The third-order valence-corrected chi connectivity index (χ3v) is 8.07. The van der Waals surface area contributed by atoms with Gasteiger partial charge in [0.2, 0.25) is 23.0 Å². The minimum Gasteiger partial charge on any atom is -0.493 e. The quantitative estimate of drug-likeness (QED) is 0.231. The lowest BCUT2D eigenvalue weighted by Gasteiger charge is -2.24. The molecule has 3 atom stereocenters. The molecule has 0 unspecified atom stereocenters. The highest BCUT2D eigenvalue weighted by molar-refractivity contribution is 5.89. The molecule has 3 aromatic rings. The van der Waals surface area contributed by atoms with Gasteiger partial charge in [0.1, 0.15) is 12.1 Å². The Hall–Kier alpha value is -5.06. The molecule has 0 fully saturated rings. The summed E-state index contributed by atoms with van der Waals surface area (Å²) in [4.78, 5) is 51.6. The molecule has 0 radical (unpaired) electrons. The molecule has 11 nitrogen and oxygen atoms in total. The number of methoxy groups -OCH3 is 3. The van der Waals surface area contributed by atoms with Gasteiger partial charge in [-0.25, -0.2) is 4.79 Å². The predicted octanol–water partition coefficient (Wildman–Crippen LogP) is 4.11. The summed E-state index contributed by atoms with van der Waals surface area (Å²) < 4.78 is 17.1. The Balaban J connectivity index is 1.78. The van der Waals surface area contributed by atoms with Gasteiger partial charge in [0, 0.05) is 18.9 Å². The summed E-state index contributed by atoms with van der Waals surface area (Å²) in [6.07, 6.45) is 1.16. The first-order valence-corrected chi connectivity index (χ1v) is 15.1. The maximum absolute atomic E-state index is 13.8. The van der Waals surface area contributed by atoms with Crippen molar-refractivity contribution >= 4 is 23.5 Å². The van der Waals surface area contributed by atoms with Crippen LogP contribution in [0.5, 0.6) is 17.2 Å². The molecule has 244 valence electrons. The van der Waals surface area contributed by atoms with E-state index >= 15 is 0 Å². The summed E-state index contributed by atoms with van der Waals surface area (Å²) in [5.74, 6) is -0.969. The Bertz CT molecular complexity index is 1660. The maximum atomic E-state index is 13.8. The van der Waals surface area contributed by atoms with Crippen molar-refractivity contribution in [3.63, 3.8) is 0 Å². The van der Waals surface area contributed by atoms with Crippen LogP contribution in [0.1, 0.15) is 49.9 Å². The third-order valence-electron chi connectivity index (χ3n) is 8.07. The summed E-state index contributed by atoms with van der Waals surface area (Å²) in [7, 11) is 4.58. The predicted molar refractivity (Wildman–Crippen MR) is 175 cm³/mol. The Labute approximate surface area is 268 Å². The standard InChI is InChI=1S/C35H41N3O8/c1-19(2)31(34(41)38-27(35(42)43)16-21-10-8-7-9-11-21)37-26-15-13-23-24(18-28(26)40)25(36-20(3)39)14-12-22-17-29(44-4)32(45-5)33(46-6)30(22)23/h7-11,13,15,17-19,25,27,31H,12,14,16H2,1-6H3,(H,36,39)(H,37,40)(H,38,41)(H,42,43)/t25-,27-,31-/m0/s1. The highest BCUT2D eigenvalue weighted by atomic mass is 16.5. The lowest BCUT2D eigenvalue weighted by molar-refractivity contribution is -0.142. The minimum atomic E-state index is -1.16. The van der Waals surface area contributed by atoms with Crippen molar-refractivity contribution in [2.45, 2.75) is 58.2 Å². The Morgan fingerprint density at radius 2 is 1.65 bits per heavy atom. The van der Waals surface area contributed by atoms with Crippen molar-refractivity contribution in [1.82, 2.24) is 10.6 Å². The van der Waals surface area contributed by atoms with Gasteiger partial charge in [-0.15, -0.1) is 0 Å². The smallest absolute Gasteiger partial charge is 0.326 e. The fourth-order valence-corrected chi connectivity index (χ4v) is 5.84. The summed E-state index contributed by atoms with van der Waals surface area (Å²) in [5, 5.41) is 18.6. The summed E-state index contributed by atoms with van der Waals surface area (Å²) in [6, 6.07) is 13.1. The van der Waals surface area contributed by atoms with Crippen molar-refractivity contribution in [2.75, 3.05) is 26.6 Å². The SMILES string of the molecule is COc1cc2c(c(OC)c1OC)-c1ccc(N[C@H](C(=O)N[C@@H](Cc3ccccc3)C(=O)O)C(C)C)c(=O)cc1[C@@H](NC(C)=O)CC2. The molecule has 0 saturated carbocycles. The molecule has 0 aromatic heterocycles. The third kappa shape index (κ3) is 7.42. The highest BCUT2D eigenvalue weighted by Crippen LogP contribution is 2.50. The van der Waals surface area contributed by atoms with Gasteiger partial charge in [0.25, 0.3) is 0 Å². The number of carboxylic acid groups (broad SMARTS) is 1. The minimum absolute atomic E-state index is 0.104. The van der Waals surface area contributed by atoms with E-state index in [0.717, 1.165) is 11.1 Å². The van der Waals surface area contributed by atoms with E-state index in [9.17, 15) is 24.3 Å². The molecule has 0 saturated heterocycles. The number of aliphatic carboxylic acids is 1. The molecule has 46 heavy (non-hydrogen) atoms. The number of carbonyl (C=O) groups excluding carboxylic acids is 2. The highest BCUT2D eigenvalue weighted by Gasteiger charge is 2.31. The van der Waals surface area contributed by atoms with E-state index in [1.165, 1.54) is 34.3 Å². The van der Waals surface area contributed by atoms with E-state index in [2.05, 4.69) is 16.0 Å². The molecular weight excluding hydrogens is 590 g/mol. The van der Waals surface area contributed by atoms with E-state index in [1.807, 2.05) is 12.1 Å². The van der Waals surface area contributed by atoms with Crippen LogP contribution in [0, 0.1) is 5.92 Å². The van der Waals surface area contributed by atoms with Crippen molar-refractivity contribution in [3.05, 3.63) is 81.5 Å². The molecule has 11 heteroatoms. The largest absolute Gasteiger partial charge is 0.493 e. The van der Waals surface area contributed by atoms with Gasteiger partial charge in [-0.05, 0) is 59.2 Å². The normalized spacial score (nSPS) is 14.9. The van der Waals surface area contributed by atoms with Gasteiger partial charge in [0.05, 0.1) is 33.1 Å². The number of fused-ring (bicyclic) bond motifs is 3.